The van der Waals surface area contributed by atoms with Crippen molar-refractivity contribution in [3.8, 4) is 0 Å². The Bertz CT molecular complexity index is 852. The van der Waals surface area contributed by atoms with Crippen molar-refractivity contribution in [3.05, 3.63) is 69.0 Å². The van der Waals surface area contributed by atoms with E-state index < -0.39 is 5.82 Å². The minimum absolute atomic E-state index is 0.0416. The Morgan fingerprint density at radius 3 is 2.76 bits per heavy atom. The van der Waals surface area contributed by atoms with Crippen LogP contribution in [0.15, 0.2) is 47.1 Å². The number of hydrogen-bond donors (Lipinski definition) is 0. The summed E-state index contributed by atoms with van der Waals surface area (Å²) in [5, 5.41) is 1.34. The summed E-state index contributed by atoms with van der Waals surface area (Å²) in [5.74, 6) is -0.895. The highest BCUT2D eigenvalue weighted by Gasteiger charge is 2.21. The molecule has 0 amide bonds. The molecule has 2 aromatic carbocycles. The summed E-state index contributed by atoms with van der Waals surface area (Å²) >= 11 is 9.22. The molecule has 0 bridgehead atoms. The molecule has 21 heavy (non-hydrogen) atoms. The number of aryl methyl sites for hydroxylation is 1. The molecule has 0 N–H and O–H groups in total. The van der Waals surface area contributed by atoms with Crippen LogP contribution >= 0.6 is 27.5 Å². The monoisotopic (exact) mass is 365 g/mol. The van der Waals surface area contributed by atoms with Gasteiger partial charge in [-0.05, 0) is 40.2 Å². The minimum Gasteiger partial charge on any atom is -0.350 e. The number of carbonyl (C=O) groups is 1. The van der Waals surface area contributed by atoms with Crippen LogP contribution in [0.5, 0.6) is 0 Å². The normalized spacial score (nSPS) is 11.0. The van der Waals surface area contributed by atoms with Crippen LogP contribution in [0, 0.1) is 5.82 Å². The third-order valence-electron chi connectivity index (χ3n) is 3.39. The summed E-state index contributed by atoms with van der Waals surface area (Å²) in [5.41, 5.74) is 1.33. The number of carbonyl (C=O) groups excluding carboxylic acids is 1. The second-order valence-corrected chi connectivity index (χ2v) is 6.03. The number of benzene rings is 2. The number of fused-ring (bicyclic) bond motifs is 1. The van der Waals surface area contributed by atoms with E-state index in [0.29, 0.717) is 15.1 Å². The van der Waals surface area contributed by atoms with E-state index in [1.54, 1.807) is 36.5 Å². The third kappa shape index (κ3) is 2.39. The van der Waals surface area contributed by atoms with Crippen molar-refractivity contribution < 1.29 is 9.18 Å². The van der Waals surface area contributed by atoms with Gasteiger partial charge in [0.05, 0.1) is 5.56 Å². The van der Waals surface area contributed by atoms with E-state index in [9.17, 15) is 9.18 Å². The Kier molecular flexibility index (Phi) is 3.59. The average molecular weight is 367 g/mol. The van der Waals surface area contributed by atoms with Crippen LogP contribution in [0.3, 0.4) is 0 Å². The Labute approximate surface area is 134 Å². The van der Waals surface area contributed by atoms with Gasteiger partial charge in [-0.25, -0.2) is 4.39 Å². The van der Waals surface area contributed by atoms with E-state index in [4.69, 9.17) is 11.6 Å². The average Bonchev–Trinajstić information content (AvgIpc) is 2.75. The molecule has 3 rings (SSSR count). The molecule has 0 saturated carbocycles. The van der Waals surface area contributed by atoms with Crippen molar-refractivity contribution >= 4 is 44.2 Å². The van der Waals surface area contributed by atoms with Crippen molar-refractivity contribution in [2.45, 2.75) is 0 Å². The number of rotatable bonds is 2. The maximum Gasteiger partial charge on any atom is 0.199 e. The molecule has 5 heteroatoms. The summed E-state index contributed by atoms with van der Waals surface area (Å²) in [6.45, 7) is 0. The maximum absolute atomic E-state index is 14.0. The highest BCUT2D eigenvalue weighted by atomic mass is 79.9. The Morgan fingerprint density at radius 1 is 1.29 bits per heavy atom. The first-order chi connectivity index (χ1) is 9.99. The molecule has 0 fully saturated rings. The van der Waals surface area contributed by atoms with E-state index in [2.05, 4.69) is 15.9 Å². The van der Waals surface area contributed by atoms with Crippen LogP contribution in [0.25, 0.3) is 10.9 Å². The molecule has 0 saturated heterocycles. The highest BCUT2D eigenvalue weighted by Crippen LogP contribution is 2.29. The third-order valence-corrected chi connectivity index (χ3v) is 4.28. The quantitative estimate of drug-likeness (QED) is 0.587. The van der Waals surface area contributed by atoms with Crippen LogP contribution in [0.4, 0.5) is 4.39 Å². The van der Waals surface area contributed by atoms with Crippen molar-refractivity contribution in [1.29, 1.82) is 0 Å². The first-order valence-electron chi connectivity index (χ1n) is 6.22. The zero-order chi connectivity index (χ0) is 15.1. The number of ketones is 1. The van der Waals surface area contributed by atoms with Gasteiger partial charge < -0.3 is 4.57 Å². The van der Waals surface area contributed by atoms with Crippen LogP contribution < -0.4 is 0 Å². The molecule has 0 spiro atoms. The molecular formula is C16H10BrClFNO. The largest absolute Gasteiger partial charge is 0.350 e. The predicted octanol–water partition coefficient (Wildman–Crippen LogP) is 4.96. The van der Waals surface area contributed by atoms with E-state index in [0.717, 1.165) is 10.9 Å². The van der Waals surface area contributed by atoms with Crippen molar-refractivity contribution in [3.63, 3.8) is 0 Å². The fourth-order valence-corrected chi connectivity index (χ4v) is 3.08. The zero-order valence-corrected chi connectivity index (χ0v) is 13.4. The summed E-state index contributed by atoms with van der Waals surface area (Å²) in [6.07, 6.45) is 1.70. The summed E-state index contributed by atoms with van der Waals surface area (Å²) in [7, 11) is 1.83. The lowest BCUT2D eigenvalue weighted by molar-refractivity contribution is 0.103. The van der Waals surface area contributed by atoms with Crippen molar-refractivity contribution in [2.24, 2.45) is 7.05 Å². The van der Waals surface area contributed by atoms with Gasteiger partial charge in [-0.2, -0.15) is 0 Å². The van der Waals surface area contributed by atoms with E-state index in [-0.39, 0.29) is 11.3 Å². The Hall–Kier alpha value is -1.65. The van der Waals surface area contributed by atoms with E-state index in [1.807, 2.05) is 11.6 Å². The van der Waals surface area contributed by atoms with Crippen LogP contribution in [0.2, 0.25) is 5.02 Å². The Balaban J connectivity index is 2.24. The molecule has 0 unspecified atom stereocenters. The highest BCUT2D eigenvalue weighted by molar-refractivity contribution is 9.10. The lowest BCUT2D eigenvalue weighted by Gasteiger charge is -2.04. The standard InChI is InChI=1S/C16H10BrClFNO/c1-20-8-11(10-6-5-9(18)7-14(10)20)16(21)15-12(17)3-2-4-13(15)19/h2-8H,1H3. The molecule has 2 nitrogen and oxygen atoms in total. The molecule has 0 aliphatic carbocycles. The topological polar surface area (TPSA) is 22.0 Å². The molecule has 0 aliphatic heterocycles. The van der Waals surface area contributed by atoms with Gasteiger partial charge in [-0.1, -0.05) is 23.7 Å². The van der Waals surface area contributed by atoms with Gasteiger partial charge in [0.25, 0.3) is 0 Å². The van der Waals surface area contributed by atoms with Crippen LogP contribution in [0.1, 0.15) is 15.9 Å². The smallest absolute Gasteiger partial charge is 0.199 e. The summed E-state index contributed by atoms with van der Waals surface area (Å²) < 4.78 is 16.2. The van der Waals surface area contributed by atoms with E-state index in [1.165, 1.54) is 6.07 Å². The SMILES string of the molecule is Cn1cc(C(=O)c2c(F)cccc2Br)c2ccc(Cl)cc21. The lowest BCUT2D eigenvalue weighted by atomic mass is 10.0. The number of aromatic nitrogens is 1. The van der Waals surface area contributed by atoms with Crippen molar-refractivity contribution in [1.82, 2.24) is 4.57 Å². The van der Waals surface area contributed by atoms with Crippen molar-refractivity contribution in [2.75, 3.05) is 0 Å². The minimum atomic E-state index is -0.541. The van der Waals surface area contributed by atoms with Crippen LogP contribution in [-0.4, -0.2) is 10.4 Å². The Morgan fingerprint density at radius 2 is 2.05 bits per heavy atom. The van der Waals surface area contributed by atoms with Gasteiger partial charge in [-0.15, -0.1) is 0 Å². The number of hydrogen-bond acceptors (Lipinski definition) is 1. The number of halogens is 3. The molecule has 0 aliphatic rings. The fraction of sp³-hybridized carbons (Fsp3) is 0.0625. The second-order valence-electron chi connectivity index (χ2n) is 4.74. The molecular weight excluding hydrogens is 357 g/mol. The first-order valence-corrected chi connectivity index (χ1v) is 7.39. The maximum atomic E-state index is 14.0. The summed E-state index contributed by atoms with van der Waals surface area (Å²) in [4.78, 5) is 12.7. The molecule has 3 aromatic rings. The van der Waals surface area contributed by atoms with Gasteiger partial charge in [0, 0.05) is 39.2 Å². The van der Waals surface area contributed by atoms with Gasteiger partial charge in [-0.3, -0.25) is 4.79 Å². The molecule has 1 heterocycles. The van der Waals surface area contributed by atoms with Crippen LogP contribution in [-0.2, 0) is 7.05 Å². The van der Waals surface area contributed by atoms with Gasteiger partial charge in [0.15, 0.2) is 5.78 Å². The van der Waals surface area contributed by atoms with Gasteiger partial charge in [0.2, 0.25) is 0 Å². The molecule has 1 aromatic heterocycles. The zero-order valence-electron chi connectivity index (χ0n) is 11.0. The number of nitrogens with zero attached hydrogens (tertiary/aromatic N) is 1. The molecule has 0 atom stereocenters. The molecule has 0 radical (unpaired) electrons. The predicted molar refractivity (Wildman–Crippen MR) is 85.5 cm³/mol. The van der Waals surface area contributed by atoms with E-state index >= 15 is 0 Å². The second kappa shape index (κ2) is 5.28. The summed E-state index contributed by atoms with van der Waals surface area (Å²) in [6, 6.07) is 9.76. The van der Waals surface area contributed by atoms with Gasteiger partial charge in [0.1, 0.15) is 5.82 Å². The molecule has 106 valence electrons. The van der Waals surface area contributed by atoms with Gasteiger partial charge >= 0.3 is 0 Å². The fourth-order valence-electron chi connectivity index (χ4n) is 2.39. The lowest BCUT2D eigenvalue weighted by Crippen LogP contribution is -2.05. The first kappa shape index (κ1) is 14.3.